The number of esters is 4. The number of ether oxygens (including phenoxy) is 4. The molecule has 11 heteroatoms. The van der Waals surface area contributed by atoms with E-state index >= 15 is 0 Å². The topological polar surface area (TPSA) is 149 Å². The number of unbranched alkanes of at least 4 members (excludes halogenated alkanes) is 17. The Hall–Kier alpha value is -2.24. The number of hydrogen-bond acceptors (Lipinski definition) is 11. The summed E-state index contributed by atoms with van der Waals surface area (Å²) in [6.45, 7) is 9.84. The fraction of sp³-hybridized carbons (Fsp3) is 0.917. The van der Waals surface area contributed by atoms with Crippen LogP contribution in [0.15, 0.2) is 0 Å². The first-order chi connectivity index (χ1) is 28.8. The van der Waals surface area contributed by atoms with Crippen molar-refractivity contribution in [3.05, 3.63) is 0 Å². The lowest BCUT2D eigenvalue weighted by atomic mass is 9.94. The van der Waals surface area contributed by atoms with Crippen LogP contribution in [0.2, 0.25) is 0 Å². The average molecular weight is 842 g/mol. The fourth-order valence-corrected chi connectivity index (χ4v) is 7.38. The van der Waals surface area contributed by atoms with E-state index < -0.39 is 18.0 Å². The van der Waals surface area contributed by atoms with Crippen LogP contribution in [0.4, 0.5) is 0 Å². The van der Waals surface area contributed by atoms with Gasteiger partial charge in [-0.25, -0.2) is 0 Å². The summed E-state index contributed by atoms with van der Waals surface area (Å²) in [5, 5.41) is 19.0. The van der Waals surface area contributed by atoms with Crippen LogP contribution in [-0.4, -0.2) is 97.8 Å². The molecule has 59 heavy (non-hydrogen) atoms. The predicted molar refractivity (Wildman–Crippen MR) is 237 cm³/mol. The number of rotatable bonds is 44. The van der Waals surface area contributed by atoms with Crippen molar-refractivity contribution in [2.24, 2.45) is 11.8 Å². The highest BCUT2D eigenvalue weighted by Crippen LogP contribution is 2.22. The number of hydrogen-bond donors (Lipinski definition) is 2. The van der Waals surface area contributed by atoms with Gasteiger partial charge in [-0.1, -0.05) is 137 Å². The van der Waals surface area contributed by atoms with E-state index in [2.05, 4.69) is 27.7 Å². The Labute approximate surface area is 360 Å². The molecule has 0 bridgehead atoms. The standard InChI is InChI=1S/C48H91NO10/c1-5-9-13-16-22-30-42(28-20-12-8-4)47(54)56-38-26-18-24-32-45(52)58-41-44(40-49(34-36-50)35-37-51)59-46(53)33-25-19-27-39-57-48(55)43(29-21-15-11-7-3)31-23-17-14-10-6-2/h42-44,50-51H,5-41H2,1-4H3. The summed E-state index contributed by atoms with van der Waals surface area (Å²) >= 11 is 0. The van der Waals surface area contributed by atoms with Crippen molar-refractivity contribution in [1.29, 1.82) is 0 Å². The lowest BCUT2D eigenvalue weighted by Crippen LogP contribution is -2.41. The zero-order valence-corrected chi connectivity index (χ0v) is 38.5. The molecule has 3 unspecified atom stereocenters. The summed E-state index contributed by atoms with van der Waals surface area (Å²) in [7, 11) is 0. The molecular formula is C48H91NO10. The summed E-state index contributed by atoms with van der Waals surface area (Å²) in [5.74, 6) is -1.05. The van der Waals surface area contributed by atoms with Gasteiger partial charge in [-0.15, -0.1) is 0 Å². The van der Waals surface area contributed by atoms with E-state index in [0.29, 0.717) is 45.3 Å². The van der Waals surface area contributed by atoms with Crippen molar-refractivity contribution in [3.63, 3.8) is 0 Å². The minimum atomic E-state index is -0.752. The maximum atomic E-state index is 12.9. The van der Waals surface area contributed by atoms with Gasteiger partial charge in [0.05, 0.1) is 38.3 Å². The third-order valence-electron chi connectivity index (χ3n) is 11.1. The first-order valence-electron chi connectivity index (χ1n) is 24.4. The smallest absolute Gasteiger partial charge is 0.308 e. The van der Waals surface area contributed by atoms with Gasteiger partial charge in [-0.2, -0.15) is 0 Å². The van der Waals surface area contributed by atoms with Gasteiger partial charge >= 0.3 is 23.9 Å². The largest absolute Gasteiger partial charge is 0.465 e. The van der Waals surface area contributed by atoms with Crippen LogP contribution in [0.3, 0.4) is 0 Å². The van der Waals surface area contributed by atoms with Crippen molar-refractivity contribution >= 4 is 23.9 Å². The molecule has 0 aromatic heterocycles. The Morgan fingerprint density at radius 1 is 0.458 bits per heavy atom. The molecule has 0 amide bonds. The summed E-state index contributed by atoms with van der Waals surface area (Å²) in [4.78, 5) is 53.0. The highest BCUT2D eigenvalue weighted by molar-refractivity contribution is 5.73. The quantitative estimate of drug-likeness (QED) is 0.0343. The zero-order chi connectivity index (χ0) is 43.6. The van der Waals surface area contributed by atoms with Crippen LogP contribution in [0, 0.1) is 11.8 Å². The van der Waals surface area contributed by atoms with E-state index in [1.165, 1.54) is 51.4 Å². The second kappa shape index (κ2) is 42.5. The Balaban J connectivity index is 4.71. The molecule has 0 aliphatic heterocycles. The van der Waals surface area contributed by atoms with E-state index in [9.17, 15) is 29.4 Å². The second-order valence-corrected chi connectivity index (χ2v) is 16.6. The fourth-order valence-electron chi connectivity index (χ4n) is 7.38. The number of nitrogens with zero attached hydrogens (tertiary/aromatic N) is 1. The van der Waals surface area contributed by atoms with E-state index in [1.807, 2.05) is 0 Å². The number of aliphatic hydroxyl groups is 2. The van der Waals surface area contributed by atoms with E-state index in [4.69, 9.17) is 18.9 Å². The Morgan fingerprint density at radius 3 is 1.27 bits per heavy atom. The van der Waals surface area contributed by atoms with Crippen LogP contribution in [0.25, 0.3) is 0 Å². The molecular weight excluding hydrogens is 751 g/mol. The summed E-state index contributed by atoms with van der Waals surface area (Å²) < 4.78 is 22.6. The molecule has 0 aromatic carbocycles. The lowest BCUT2D eigenvalue weighted by Gasteiger charge is -2.26. The number of aliphatic hydroxyl groups excluding tert-OH is 2. The molecule has 2 N–H and O–H groups in total. The molecule has 0 heterocycles. The summed E-state index contributed by atoms with van der Waals surface area (Å²) in [6, 6.07) is 0. The Bertz CT molecular complexity index is 989. The second-order valence-electron chi connectivity index (χ2n) is 16.6. The lowest BCUT2D eigenvalue weighted by molar-refractivity contribution is -0.160. The summed E-state index contributed by atoms with van der Waals surface area (Å²) in [6.07, 6.45) is 26.8. The molecule has 0 saturated carbocycles. The highest BCUT2D eigenvalue weighted by Gasteiger charge is 2.22. The van der Waals surface area contributed by atoms with Crippen molar-refractivity contribution in [3.8, 4) is 0 Å². The van der Waals surface area contributed by atoms with Crippen molar-refractivity contribution in [2.75, 3.05) is 52.7 Å². The highest BCUT2D eigenvalue weighted by atomic mass is 16.6. The monoisotopic (exact) mass is 842 g/mol. The van der Waals surface area contributed by atoms with Gasteiger partial charge in [0.15, 0.2) is 0 Å². The molecule has 0 rings (SSSR count). The molecule has 0 spiro atoms. The Morgan fingerprint density at radius 2 is 0.831 bits per heavy atom. The van der Waals surface area contributed by atoms with Gasteiger partial charge in [0.25, 0.3) is 0 Å². The van der Waals surface area contributed by atoms with E-state index in [0.717, 1.165) is 89.9 Å². The molecule has 0 radical (unpaired) electrons. The third kappa shape index (κ3) is 35.1. The van der Waals surface area contributed by atoms with Gasteiger partial charge in [-0.3, -0.25) is 24.1 Å². The minimum absolute atomic E-state index is 0.0280. The van der Waals surface area contributed by atoms with Crippen LogP contribution in [0.1, 0.15) is 214 Å². The maximum absolute atomic E-state index is 12.9. The normalized spacial score (nSPS) is 12.9. The predicted octanol–water partition coefficient (Wildman–Crippen LogP) is 10.4. The van der Waals surface area contributed by atoms with Gasteiger partial charge in [0.1, 0.15) is 12.7 Å². The van der Waals surface area contributed by atoms with Gasteiger partial charge in [-0.05, 0) is 64.2 Å². The molecule has 0 aliphatic carbocycles. The van der Waals surface area contributed by atoms with Crippen molar-refractivity contribution in [1.82, 2.24) is 4.90 Å². The molecule has 0 fully saturated rings. The SMILES string of the molecule is CCCCCCCC(CCCCC)C(=O)OCCCCCC(=O)OCC(CN(CCO)CCO)OC(=O)CCCCCOC(=O)C(CCCCCC)CCCCCCC. The number of carbonyl (C=O) groups excluding carboxylic acids is 4. The van der Waals surface area contributed by atoms with E-state index in [1.54, 1.807) is 4.90 Å². The molecule has 348 valence electrons. The average Bonchev–Trinajstić information content (AvgIpc) is 3.22. The number of carbonyl (C=O) groups is 4. The maximum Gasteiger partial charge on any atom is 0.308 e. The van der Waals surface area contributed by atoms with Gasteiger partial charge in [0.2, 0.25) is 0 Å². The van der Waals surface area contributed by atoms with Crippen molar-refractivity contribution < 1.29 is 48.3 Å². The van der Waals surface area contributed by atoms with Gasteiger partial charge in [0, 0.05) is 32.5 Å². The van der Waals surface area contributed by atoms with Crippen LogP contribution < -0.4 is 0 Å². The first kappa shape index (κ1) is 56.8. The third-order valence-corrected chi connectivity index (χ3v) is 11.1. The molecule has 3 atom stereocenters. The summed E-state index contributed by atoms with van der Waals surface area (Å²) in [5.41, 5.74) is 0. The zero-order valence-electron chi connectivity index (χ0n) is 38.5. The van der Waals surface area contributed by atoms with Crippen molar-refractivity contribution in [2.45, 2.75) is 220 Å². The van der Waals surface area contributed by atoms with Crippen LogP contribution >= 0.6 is 0 Å². The van der Waals surface area contributed by atoms with Crippen LogP contribution in [-0.2, 0) is 38.1 Å². The molecule has 11 nitrogen and oxygen atoms in total. The molecule has 0 aliphatic rings. The Kier molecular flexibility index (Phi) is 40.8. The molecule has 0 saturated heterocycles. The minimum Gasteiger partial charge on any atom is -0.465 e. The molecule has 0 aromatic rings. The van der Waals surface area contributed by atoms with E-state index in [-0.39, 0.29) is 76.1 Å². The van der Waals surface area contributed by atoms with Crippen LogP contribution in [0.5, 0.6) is 0 Å². The van der Waals surface area contributed by atoms with Gasteiger partial charge < -0.3 is 29.2 Å². The first-order valence-corrected chi connectivity index (χ1v) is 24.4.